The number of hydrogen-bond donors (Lipinski definition) is 1. The van der Waals surface area contributed by atoms with E-state index >= 15 is 0 Å². The van der Waals surface area contributed by atoms with E-state index in [4.69, 9.17) is 0 Å². The van der Waals surface area contributed by atoms with Crippen LogP contribution in [0.5, 0.6) is 0 Å². The quantitative estimate of drug-likeness (QED) is 0.679. The van der Waals surface area contributed by atoms with Gasteiger partial charge in [-0.2, -0.15) is 5.10 Å². The van der Waals surface area contributed by atoms with E-state index in [1.54, 1.807) is 18.0 Å². The summed E-state index contributed by atoms with van der Waals surface area (Å²) in [5, 5.41) is 7.24. The normalized spacial score (nSPS) is 11.9. The second-order valence-electron chi connectivity index (χ2n) is 5.87. The molecule has 1 heterocycles. The third kappa shape index (κ3) is 4.51. The van der Waals surface area contributed by atoms with Crippen LogP contribution in [0.15, 0.2) is 71.9 Å². The van der Waals surface area contributed by atoms with Gasteiger partial charge in [0.2, 0.25) is 0 Å². The number of carbonyl (C=O) groups excluding carboxylic acids is 1. The minimum Gasteiger partial charge on any atom is -0.346 e. The topological polar surface area (TPSA) is 46.9 Å². The summed E-state index contributed by atoms with van der Waals surface area (Å²) in [6.07, 6.45) is 5.73. The number of amides is 1. The van der Waals surface area contributed by atoms with Gasteiger partial charge in [-0.1, -0.05) is 24.3 Å². The van der Waals surface area contributed by atoms with Crippen LogP contribution in [0.1, 0.15) is 34.5 Å². The molecular formula is C20H21N3OS. The summed E-state index contributed by atoms with van der Waals surface area (Å²) >= 11 is 1.71. The number of aromatic nitrogens is 2. The molecule has 0 saturated carbocycles. The molecule has 5 heteroatoms. The van der Waals surface area contributed by atoms with Gasteiger partial charge in [-0.15, -0.1) is 11.8 Å². The molecule has 0 aliphatic carbocycles. The van der Waals surface area contributed by atoms with Gasteiger partial charge in [-0.05, 0) is 54.6 Å². The molecule has 1 unspecified atom stereocenters. The zero-order valence-corrected chi connectivity index (χ0v) is 15.2. The van der Waals surface area contributed by atoms with Crippen LogP contribution in [0.4, 0.5) is 0 Å². The summed E-state index contributed by atoms with van der Waals surface area (Å²) in [5.41, 5.74) is 2.87. The Kier molecular flexibility index (Phi) is 5.56. The van der Waals surface area contributed by atoms with Crippen molar-refractivity contribution < 1.29 is 4.79 Å². The van der Waals surface area contributed by atoms with Crippen molar-refractivity contribution in [2.45, 2.75) is 24.4 Å². The Morgan fingerprint density at radius 1 is 1.16 bits per heavy atom. The summed E-state index contributed by atoms with van der Waals surface area (Å²) in [5.74, 6) is -0.0629. The maximum atomic E-state index is 12.4. The van der Waals surface area contributed by atoms with Crippen LogP contribution in [0.2, 0.25) is 0 Å². The Bertz CT molecular complexity index is 811. The molecule has 0 radical (unpaired) electrons. The van der Waals surface area contributed by atoms with Crippen LogP contribution in [-0.2, 0) is 6.54 Å². The zero-order valence-electron chi connectivity index (χ0n) is 14.3. The summed E-state index contributed by atoms with van der Waals surface area (Å²) in [6, 6.07) is 17.8. The molecule has 128 valence electrons. The number of carbonyl (C=O) groups is 1. The molecular weight excluding hydrogens is 330 g/mol. The molecule has 0 saturated heterocycles. The molecule has 25 heavy (non-hydrogen) atoms. The molecule has 0 spiro atoms. The Hall–Kier alpha value is -2.53. The number of hydrogen-bond acceptors (Lipinski definition) is 3. The molecule has 1 atom stereocenters. The lowest BCUT2D eigenvalue weighted by Crippen LogP contribution is -2.26. The van der Waals surface area contributed by atoms with Crippen molar-refractivity contribution >= 4 is 17.7 Å². The number of rotatable bonds is 6. The van der Waals surface area contributed by atoms with Crippen molar-refractivity contribution in [1.29, 1.82) is 0 Å². The van der Waals surface area contributed by atoms with Crippen molar-refractivity contribution in [1.82, 2.24) is 15.1 Å². The summed E-state index contributed by atoms with van der Waals surface area (Å²) in [7, 11) is 0. The lowest BCUT2D eigenvalue weighted by Gasteiger charge is -2.15. The molecule has 1 N–H and O–H groups in total. The van der Waals surface area contributed by atoms with Crippen LogP contribution in [0, 0.1) is 0 Å². The molecule has 3 rings (SSSR count). The maximum absolute atomic E-state index is 12.4. The lowest BCUT2D eigenvalue weighted by atomic mass is 10.1. The van der Waals surface area contributed by atoms with Gasteiger partial charge in [0.15, 0.2) is 0 Å². The van der Waals surface area contributed by atoms with E-state index in [2.05, 4.69) is 40.9 Å². The molecule has 0 fully saturated rings. The van der Waals surface area contributed by atoms with Crippen molar-refractivity contribution in [3.05, 3.63) is 83.7 Å². The molecule has 0 bridgehead atoms. The fourth-order valence-corrected chi connectivity index (χ4v) is 3.01. The third-order valence-electron chi connectivity index (χ3n) is 4.08. The fraction of sp³-hybridized carbons (Fsp3) is 0.200. The largest absolute Gasteiger partial charge is 0.346 e. The van der Waals surface area contributed by atoms with E-state index in [0.29, 0.717) is 12.1 Å². The maximum Gasteiger partial charge on any atom is 0.251 e. The number of thioether (sulfide) groups is 1. The molecule has 0 aliphatic heterocycles. The second-order valence-corrected chi connectivity index (χ2v) is 6.75. The predicted octanol–water partition coefficient (Wildman–Crippen LogP) is 4.14. The Morgan fingerprint density at radius 2 is 1.88 bits per heavy atom. The van der Waals surface area contributed by atoms with E-state index in [1.165, 1.54) is 4.90 Å². The SMILES string of the molecule is CSc1ccc(C(C)NC(=O)c2ccc(Cn3cccn3)cc2)cc1. The molecule has 0 aliphatic rings. The Morgan fingerprint density at radius 3 is 2.48 bits per heavy atom. The van der Waals surface area contributed by atoms with Gasteiger partial charge in [0, 0.05) is 22.9 Å². The number of nitrogens with zero attached hydrogens (tertiary/aromatic N) is 2. The Labute approximate surface area is 152 Å². The van der Waals surface area contributed by atoms with Gasteiger partial charge in [-0.25, -0.2) is 0 Å². The van der Waals surface area contributed by atoms with Crippen LogP contribution >= 0.6 is 11.8 Å². The smallest absolute Gasteiger partial charge is 0.251 e. The first-order valence-electron chi connectivity index (χ1n) is 8.17. The first-order chi connectivity index (χ1) is 12.2. The predicted molar refractivity (Wildman–Crippen MR) is 102 cm³/mol. The van der Waals surface area contributed by atoms with Crippen LogP contribution in [0.25, 0.3) is 0 Å². The van der Waals surface area contributed by atoms with Crippen molar-refractivity contribution in [2.75, 3.05) is 6.26 Å². The average Bonchev–Trinajstić information content (AvgIpc) is 3.15. The number of nitrogens with one attached hydrogen (secondary N) is 1. The highest BCUT2D eigenvalue weighted by Gasteiger charge is 2.11. The number of benzene rings is 2. The van der Waals surface area contributed by atoms with E-state index in [1.807, 2.05) is 48.1 Å². The zero-order chi connectivity index (χ0) is 17.6. The lowest BCUT2D eigenvalue weighted by molar-refractivity contribution is 0.0940. The first kappa shape index (κ1) is 17.3. The van der Waals surface area contributed by atoms with Crippen LogP contribution < -0.4 is 5.32 Å². The molecule has 4 nitrogen and oxygen atoms in total. The fourth-order valence-electron chi connectivity index (χ4n) is 2.60. The van der Waals surface area contributed by atoms with E-state index in [9.17, 15) is 4.79 Å². The third-order valence-corrected chi connectivity index (χ3v) is 4.83. The van der Waals surface area contributed by atoms with Crippen LogP contribution in [0.3, 0.4) is 0 Å². The summed E-state index contributed by atoms with van der Waals surface area (Å²) in [4.78, 5) is 13.7. The molecule has 1 aromatic heterocycles. The van der Waals surface area contributed by atoms with Gasteiger partial charge >= 0.3 is 0 Å². The monoisotopic (exact) mass is 351 g/mol. The van der Waals surface area contributed by atoms with E-state index in [-0.39, 0.29) is 11.9 Å². The van der Waals surface area contributed by atoms with Crippen molar-refractivity contribution in [3.63, 3.8) is 0 Å². The second kappa shape index (κ2) is 8.03. The minimum atomic E-state index is -0.0629. The van der Waals surface area contributed by atoms with Crippen molar-refractivity contribution in [3.8, 4) is 0 Å². The summed E-state index contributed by atoms with van der Waals surface area (Å²) in [6.45, 7) is 2.70. The van der Waals surface area contributed by atoms with E-state index < -0.39 is 0 Å². The van der Waals surface area contributed by atoms with Crippen LogP contribution in [-0.4, -0.2) is 21.9 Å². The average molecular weight is 351 g/mol. The van der Waals surface area contributed by atoms with Gasteiger partial charge < -0.3 is 5.32 Å². The van der Waals surface area contributed by atoms with Gasteiger partial charge in [0.1, 0.15) is 0 Å². The summed E-state index contributed by atoms with van der Waals surface area (Å²) < 4.78 is 1.86. The molecule has 3 aromatic rings. The minimum absolute atomic E-state index is 0.0350. The Balaban J connectivity index is 1.61. The highest BCUT2D eigenvalue weighted by atomic mass is 32.2. The molecule has 2 aromatic carbocycles. The first-order valence-corrected chi connectivity index (χ1v) is 9.39. The highest BCUT2D eigenvalue weighted by Crippen LogP contribution is 2.19. The van der Waals surface area contributed by atoms with Gasteiger partial charge in [0.05, 0.1) is 12.6 Å². The standard InChI is InChI=1S/C20H21N3OS/c1-15(17-8-10-19(25-2)11-9-17)22-20(24)18-6-4-16(5-7-18)14-23-13-3-12-21-23/h3-13,15H,14H2,1-2H3,(H,22,24). The van der Waals surface area contributed by atoms with Crippen molar-refractivity contribution in [2.24, 2.45) is 0 Å². The van der Waals surface area contributed by atoms with Gasteiger partial charge in [0.25, 0.3) is 5.91 Å². The van der Waals surface area contributed by atoms with Gasteiger partial charge in [-0.3, -0.25) is 9.48 Å². The van der Waals surface area contributed by atoms with E-state index in [0.717, 1.165) is 11.1 Å². The highest BCUT2D eigenvalue weighted by molar-refractivity contribution is 7.98. The molecule has 1 amide bonds.